The second-order valence-corrected chi connectivity index (χ2v) is 7.44. The third kappa shape index (κ3) is 7.87. The van der Waals surface area contributed by atoms with Crippen LogP contribution in [0.2, 0.25) is 0 Å². The van der Waals surface area contributed by atoms with Crippen molar-refractivity contribution in [2.75, 3.05) is 53.5 Å². The van der Waals surface area contributed by atoms with Gasteiger partial charge >= 0.3 is 0 Å². The van der Waals surface area contributed by atoms with Gasteiger partial charge in [-0.05, 0) is 57.5 Å². The lowest BCUT2D eigenvalue weighted by atomic mass is 9.98. The van der Waals surface area contributed by atoms with Gasteiger partial charge in [-0.25, -0.2) is 0 Å². The van der Waals surface area contributed by atoms with Crippen LogP contribution in [0, 0.1) is 11.8 Å². The Bertz CT molecular complexity index is 368. The number of guanidine groups is 1. The zero-order valence-electron chi connectivity index (χ0n) is 16.0. The van der Waals surface area contributed by atoms with Gasteiger partial charge in [0.05, 0.1) is 6.61 Å². The molecule has 2 rings (SSSR count). The highest BCUT2D eigenvalue weighted by Gasteiger charge is 2.22. The standard InChI is InChI=1S/C18H36N4O.HI/c1-15-7-9-22(10-8-15)16(2)13-20-18(19-3)21(4)11-12-23-14-17-5-6-17;/h15-17H,5-14H2,1-4H3,(H,19,20);1H. The van der Waals surface area contributed by atoms with Gasteiger partial charge in [0.1, 0.15) is 0 Å². The van der Waals surface area contributed by atoms with Crippen molar-refractivity contribution in [1.82, 2.24) is 15.1 Å². The predicted octanol–water partition coefficient (Wildman–Crippen LogP) is 2.66. The summed E-state index contributed by atoms with van der Waals surface area (Å²) in [4.78, 5) is 9.16. The van der Waals surface area contributed by atoms with Crippen LogP contribution in [0.15, 0.2) is 4.99 Å². The molecule has 0 aromatic heterocycles. The molecule has 2 aliphatic rings. The van der Waals surface area contributed by atoms with Crippen molar-refractivity contribution >= 4 is 29.9 Å². The van der Waals surface area contributed by atoms with Crippen molar-refractivity contribution in [2.45, 2.75) is 45.6 Å². The van der Waals surface area contributed by atoms with Crippen molar-refractivity contribution in [3.05, 3.63) is 0 Å². The molecule has 0 spiro atoms. The van der Waals surface area contributed by atoms with Crippen molar-refractivity contribution < 1.29 is 4.74 Å². The van der Waals surface area contributed by atoms with Crippen molar-refractivity contribution in [2.24, 2.45) is 16.8 Å². The Morgan fingerprint density at radius 2 is 1.96 bits per heavy atom. The highest BCUT2D eigenvalue weighted by Crippen LogP contribution is 2.28. The fourth-order valence-corrected chi connectivity index (χ4v) is 3.06. The molecular weight excluding hydrogens is 415 g/mol. The Labute approximate surface area is 165 Å². The number of likely N-dealkylation sites (N-methyl/N-ethyl adjacent to an activating group) is 1. The van der Waals surface area contributed by atoms with E-state index in [1.165, 1.54) is 38.8 Å². The molecule has 0 aromatic carbocycles. The molecule has 1 saturated carbocycles. The minimum Gasteiger partial charge on any atom is -0.379 e. The number of rotatable bonds is 8. The van der Waals surface area contributed by atoms with E-state index in [1.54, 1.807) is 0 Å². The summed E-state index contributed by atoms with van der Waals surface area (Å²) in [6.45, 7) is 10.7. The minimum atomic E-state index is 0. The number of nitrogens with zero attached hydrogens (tertiary/aromatic N) is 3. The first kappa shape index (κ1) is 22.0. The molecule has 1 heterocycles. The molecule has 1 unspecified atom stereocenters. The van der Waals surface area contributed by atoms with E-state index in [0.29, 0.717) is 6.04 Å². The van der Waals surface area contributed by atoms with Gasteiger partial charge < -0.3 is 15.0 Å². The monoisotopic (exact) mass is 452 g/mol. The number of piperidine rings is 1. The van der Waals surface area contributed by atoms with E-state index >= 15 is 0 Å². The summed E-state index contributed by atoms with van der Waals surface area (Å²) < 4.78 is 5.72. The molecule has 0 aromatic rings. The van der Waals surface area contributed by atoms with Gasteiger partial charge in [0, 0.05) is 39.8 Å². The highest BCUT2D eigenvalue weighted by molar-refractivity contribution is 14.0. The average molecular weight is 452 g/mol. The van der Waals surface area contributed by atoms with Crippen LogP contribution in [0.3, 0.4) is 0 Å². The van der Waals surface area contributed by atoms with Gasteiger partial charge in [-0.1, -0.05) is 6.92 Å². The maximum atomic E-state index is 5.72. The molecule has 24 heavy (non-hydrogen) atoms. The molecule has 142 valence electrons. The zero-order valence-corrected chi connectivity index (χ0v) is 18.3. The lowest BCUT2D eigenvalue weighted by Gasteiger charge is -2.35. The largest absolute Gasteiger partial charge is 0.379 e. The molecule has 2 fully saturated rings. The van der Waals surface area contributed by atoms with Crippen LogP contribution < -0.4 is 5.32 Å². The maximum absolute atomic E-state index is 5.72. The first-order chi connectivity index (χ1) is 11.1. The van der Waals surface area contributed by atoms with Gasteiger partial charge in [0.25, 0.3) is 0 Å². The number of halogens is 1. The summed E-state index contributed by atoms with van der Waals surface area (Å²) in [5.74, 6) is 2.70. The lowest BCUT2D eigenvalue weighted by molar-refractivity contribution is 0.114. The molecule has 6 heteroatoms. The first-order valence-corrected chi connectivity index (χ1v) is 9.33. The van der Waals surface area contributed by atoms with E-state index in [1.807, 2.05) is 7.05 Å². The SMILES string of the molecule is CN=C(NCC(C)N1CCC(C)CC1)N(C)CCOCC1CC1.I. The summed E-state index contributed by atoms with van der Waals surface area (Å²) >= 11 is 0. The fourth-order valence-electron chi connectivity index (χ4n) is 3.06. The Morgan fingerprint density at radius 1 is 1.29 bits per heavy atom. The Balaban J connectivity index is 0.00000288. The molecule has 1 aliphatic heterocycles. The summed E-state index contributed by atoms with van der Waals surface area (Å²) in [6, 6.07) is 0.554. The number of hydrogen-bond donors (Lipinski definition) is 1. The third-order valence-electron chi connectivity index (χ3n) is 5.19. The summed E-state index contributed by atoms with van der Waals surface area (Å²) in [5, 5.41) is 3.52. The topological polar surface area (TPSA) is 40.1 Å². The minimum absolute atomic E-state index is 0. The first-order valence-electron chi connectivity index (χ1n) is 9.33. The van der Waals surface area contributed by atoms with Crippen LogP contribution in [-0.2, 0) is 4.74 Å². The van der Waals surface area contributed by atoms with E-state index in [4.69, 9.17) is 4.74 Å². The predicted molar refractivity (Wildman–Crippen MR) is 112 cm³/mol. The van der Waals surface area contributed by atoms with Crippen molar-refractivity contribution in [3.63, 3.8) is 0 Å². The molecule has 0 amide bonds. The van der Waals surface area contributed by atoms with E-state index in [-0.39, 0.29) is 24.0 Å². The fraction of sp³-hybridized carbons (Fsp3) is 0.944. The highest BCUT2D eigenvalue weighted by atomic mass is 127. The number of likely N-dealkylation sites (tertiary alicyclic amines) is 1. The average Bonchev–Trinajstić information content (AvgIpc) is 3.37. The van der Waals surface area contributed by atoms with Gasteiger partial charge in [0.2, 0.25) is 0 Å². The number of nitrogens with one attached hydrogen (secondary N) is 1. The van der Waals surface area contributed by atoms with Crippen LogP contribution in [0.25, 0.3) is 0 Å². The second-order valence-electron chi connectivity index (χ2n) is 7.44. The van der Waals surface area contributed by atoms with Crippen LogP contribution in [0.4, 0.5) is 0 Å². The van der Waals surface area contributed by atoms with Crippen molar-refractivity contribution in [3.8, 4) is 0 Å². The summed E-state index contributed by atoms with van der Waals surface area (Å²) in [5.41, 5.74) is 0. The van der Waals surface area contributed by atoms with Gasteiger partial charge in [0.15, 0.2) is 5.96 Å². The number of hydrogen-bond acceptors (Lipinski definition) is 3. The zero-order chi connectivity index (χ0) is 16.7. The molecule has 1 atom stereocenters. The smallest absolute Gasteiger partial charge is 0.193 e. The molecule has 0 radical (unpaired) electrons. The van der Waals surface area contributed by atoms with Crippen LogP contribution >= 0.6 is 24.0 Å². The molecule has 1 saturated heterocycles. The van der Waals surface area contributed by atoms with Gasteiger partial charge in [-0.15, -0.1) is 24.0 Å². The van der Waals surface area contributed by atoms with Gasteiger partial charge in [-0.2, -0.15) is 0 Å². The Morgan fingerprint density at radius 3 is 2.54 bits per heavy atom. The van der Waals surface area contributed by atoms with E-state index < -0.39 is 0 Å². The van der Waals surface area contributed by atoms with E-state index in [9.17, 15) is 0 Å². The molecule has 5 nitrogen and oxygen atoms in total. The number of aliphatic imine (C=N–C) groups is 1. The summed E-state index contributed by atoms with van der Waals surface area (Å²) in [6.07, 6.45) is 5.37. The van der Waals surface area contributed by atoms with E-state index in [0.717, 1.165) is 44.1 Å². The summed E-state index contributed by atoms with van der Waals surface area (Å²) in [7, 11) is 3.94. The molecular formula is C18H37IN4O. The molecule has 0 bridgehead atoms. The Kier molecular flexibility index (Phi) is 10.5. The van der Waals surface area contributed by atoms with Crippen LogP contribution in [0.5, 0.6) is 0 Å². The third-order valence-corrected chi connectivity index (χ3v) is 5.19. The normalized spacial score (nSPS) is 21.2. The molecule has 1 aliphatic carbocycles. The van der Waals surface area contributed by atoms with Crippen LogP contribution in [0.1, 0.15) is 39.5 Å². The maximum Gasteiger partial charge on any atom is 0.193 e. The van der Waals surface area contributed by atoms with E-state index in [2.05, 4.69) is 41.0 Å². The number of ether oxygens (including phenoxy) is 1. The van der Waals surface area contributed by atoms with Crippen molar-refractivity contribution in [1.29, 1.82) is 0 Å². The second kappa shape index (κ2) is 11.5. The van der Waals surface area contributed by atoms with Gasteiger partial charge in [-0.3, -0.25) is 9.89 Å². The Hall–Kier alpha value is -0.0800. The van der Waals surface area contributed by atoms with Crippen LogP contribution in [-0.4, -0.2) is 75.3 Å². The molecule has 1 N–H and O–H groups in total. The quantitative estimate of drug-likeness (QED) is 0.266. The lowest BCUT2D eigenvalue weighted by Crippen LogP contribution is -2.48.